The molecule has 0 fully saturated rings. The van der Waals surface area contributed by atoms with Gasteiger partial charge >= 0.3 is 5.97 Å². The van der Waals surface area contributed by atoms with E-state index in [1.807, 2.05) is 0 Å². The third kappa shape index (κ3) is 3.56. The topological polar surface area (TPSA) is 130 Å². The molecule has 7 heteroatoms. The van der Waals surface area contributed by atoms with Crippen LogP contribution in [0.5, 0.6) is 0 Å². The molecule has 0 aliphatic carbocycles. The van der Waals surface area contributed by atoms with Crippen molar-refractivity contribution in [3.05, 3.63) is 0 Å². The lowest BCUT2D eigenvalue weighted by Crippen LogP contribution is -2.49. The molecule has 7 nitrogen and oxygen atoms in total. The van der Waals surface area contributed by atoms with Crippen LogP contribution in [0.2, 0.25) is 0 Å². The van der Waals surface area contributed by atoms with E-state index in [-0.39, 0.29) is 6.54 Å². The fourth-order valence-electron chi connectivity index (χ4n) is 0.890. The summed E-state index contributed by atoms with van der Waals surface area (Å²) >= 11 is 0. The number of aliphatic hydroxyl groups is 4. The normalized spacial score (nSPS) is 19.8. The number of hydrogen-bond donors (Lipinski definition) is 6. The fraction of sp³-hybridized carbons (Fsp3) is 0.857. The molecule has 0 saturated heterocycles. The minimum Gasteiger partial charge on any atom is -0.479 e. The number of carboxylic acid groups (broad SMARTS) is 1. The SMILES string of the molecule is CNCC(O)C(O)C(O)C(O)C(=O)O. The van der Waals surface area contributed by atoms with Crippen LogP contribution >= 0.6 is 0 Å². The number of likely N-dealkylation sites (N-methyl/N-ethyl adjacent to an activating group) is 1. The third-order valence-corrected chi connectivity index (χ3v) is 1.73. The number of nitrogens with one attached hydrogen (secondary N) is 1. The van der Waals surface area contributed by atoms with Crippen molar-refractivity contribution in [3.8, 4) is 0 Å². The number of carbonyl (C=O) groups is 1. The molecule has 0 aromatic rings. The Balaban J connectivity index is 4.22. The van der Waals surface area contributed by atoms with Gasteiger partial charge in [-0.15, -0.1) is 0 Å². The molecule has 14 heavy (non-hydrogen) atoms. The lowest BCUT2D eigenvalue weighted by molar-refractivity contribution is -0.162. The van der Waals surface area contributed by atoms with Crippen molar-refractivity contribution in [2.75, 3.05) is 13.6 Å². The first kappa shape index (κ1) is 13.3. The van der Waals surface area contributed by atoms with Gasteiger partial charge in [0.2, 0.25) is 0 Å². The van der Waals surface area contributed by atoms with Gasteiger partial charge in [0.25, 0.3) is 0 Å². The van der Waals surface area contributed by atoms with Crippen LogP contribution in [0, 0.1) is 0 Å². The van der Waals surface area contributed by atoms with Crippen LogP contribution < -0.4 is 5.32 Å². The number of carboxylic acids is 1. The molecule has 0 rings (SSSR count). The van der Waals surface area contributed by atoms with Gasteiger partial charge < -0.3 is 30.8 Å². The van der Waals surface area contributed by atoms with E-state index in [4.69, 9.17) is 20.4 Å². The Hall–Kier alpha value is -0.730. The molecule has 0 heterocycles. The van der Waals surface area contributed by atoms with E-state index in [0.717, 1.165) is 0 Å². The zero-order valence-corrected chi connectivity index (χ0v) is 7.66. The highest BCUT2D eigenvalue weighted by Gasteiger charge is 2.33. The number of hydrogen-bond acceptors (Lipinski definition) is 6. The second kappa shape index (κ2) is 5.89. The molecular weight excluding hydrogens is 194 g/mol. The van der Waals surface area contributed by atoms with Crippen molar-refractivity contribution in [2.45, 2.75) is 24.4 Å². The minimum atomic E-state index is -2.11. The molecule has 0 saturated carbocycles. The zero-order valence-electron chi connectivity index (χ0n) is 7.66. The van der Waals surface area contributed by atoms with Gasteiger partial charge in [-0.2, -0.15) is 0 Å². The van der Waals surface area contributed by atoms with Crippen LogP contribution in [0.3, 0.4) is 0 Å². The molecule has 0 aromatic heterocycles. The lowest BCUT2D eigenvalue weighted by atomic mass is 10.0. The van der Waals surface area contributed by atoms with Gasteiger partial charge in [-0.05, 0) is 7.05 Å². The summed E-state index contributed by atoms with van der Waals surface area (Å²) in [6, 6.07) is 0. The molecule has 84 valence electrons. The molecule has 0 aromatic carbocycles. The summed E-state index contributed by atoms with van der Waals surface area (Å²) in [7, 11) is 1.51. The summed E-state index contributed by atoms with van der Waals surface area (Å²) in [5.74, 6) is -1.66. The Morgan fingerprint density at radius 2 is 1.71 bits per heavy atom. The summed E-state index contributed by atoms with van der Waals surface area (Å²) < 4.78 is 0. The predicted octanol–water partition coefficient (Wildman–Crippen LogP) is -3.27. The smallest absolute Gasteiger partial charge is 0.335 e. The number of rotatable bonds is 6. The first-order valence-electron chi connectivity index (χ1n) is 4.01. The van der Waals surface area contributed by atoms with Crippen molar-refractivity contribution in [1.29, 1.82) is 0 Å². The largest absolute Gasteiger partial charge is 0.479 e. The molecule has 4 atom stereocenters. The van der Waals surface area contributed by atoms with Gasteiger partial charge in [0.1, 0.15) is 12.2 Å². The summed E-state index contributed by atoms with van der Waals surface area (Å²) in [5, 5.41) is 47.1. The van der Waals surface area contributed by atoms with Crippen molar-refractivity contribution in [2.24, 2.45) is 0 Å². The maximum Gasteiger partial charge on any atom is 0.335 e. The Labute approximate surface area is 80.6 Å². The summed E-state index contributed by atoms with van der Waals surface area (Å²) in [6.07, 6.45) is -7.09. The Morgan fingerprint density at radius 1 is 1.21 bits per heavy atom. The van der Waals surface area contributed by atoms with Gasteiger partial charge in [-0.25, -0.2) is 4.79 Å². The van der Waals surface area contributed by atoms with Gasteiger partial charge in [0.15, 0.2) is 6.10 Å². The van der Waals surface area contributed by atoms with Crippen LogP contribution in [0.4, 0.5) is 0 Å². The molecule has 0 radical (unpaired) electrons. The lowest BCUT2D eigenvalue weighted by Gasteiger charge is -2.24. The van der Waals surface area contributed by atoms with Gasteiger partial charge in [-0.3, -0.25) is 0 Å². The Morgan fingerprint density at radius 3 is 2.07 bits per heavy atom. The van der Waals surface area contributed by atoms with E-state index in [2.05, 4.69) is 5.32 Å². The summed E-state index contributed by atoms with van der Waals surface area (Å²) in [4.78, 5) is 10.2. The van der Waals surface area contributed by atoms with E-state index in [9.17, 15) is 9.90 Å². The van der Waals surface area contributed by atoms with Crippen molar-refractivity contribution in [3.63, 3.8) is 0 Å². The maximum atomic E-state index is 10.2. The van der Waals surface area contributed by atoms with Crippen LogP contribution in [-0.2, 0) is 4.79 Å². The van der Waals surface area contributed by atoms with E-state index >= 15 is 0 Å². The summed E-state index contributed by atoms with van der Waals surface area (Å²) in [5.41, 5.74) is 0. The quantitative estimate of drug-likeness (QED) is 0.270. The standard InChI is InChI=1S/C7H15NO6/c1-8-2-3(9)4(10)5(11)6(12)7(13)14/h3-6,8-12H,2H2,1H3,(H,13,14). The Bertz CT molecular complexity index is 187. The van der Waals surface area contributed by atoms with Gasteiger partial charge in [0.05, 0.1) is 6.10 Å². The van der Waals surface area contributed by atoms with Crippen molar-refractivity contribution >= 4 is 5.97 Å². The minimum absolute atomic E-state index is 0.0232. The molecule has 0 bridgehead atoms. The average molecular weight is 209 g/mol. The second-order valence-electron chi connectivity index (χ2n) is 2.89. The number of aliphatic carboxylic acids is 1. The van der Waals surface area contributed by atoms with Gasteiger partial charge in [-0.1, -0.05) is 0 Å². The van der Waals surface area contributed by atoms with Crippen LogP contribution in [0.15, 0.2) is 0 Å². The highest BCUT2D eigenvalue weighted by molar-refractivity contribution is 5.72. The monoisotopic (exact) mass is 209 g/mol. The second-order valence-corrected chi connectivity index (χ2v) is 2.89. The van der Waals surface area contributed by atoms with Gasteiger partial charge in [0, 0.05) is 6.54 Å². The molecule has 4 unspecified atom stereocenters. The van der Waals surface area contributed by atoms with Crippen molar-refractivity contribution in [1.82, 2.24) is 5.32 Å². The maximum absolute atomic E-state index is 10.2. The summed E-state index contributed by atoms with van der Waals surface area (Å²) in [6.45, 7) is -0.0232. The third-order valence-electron chi connectivity index (χ3n) is 1.73. The first-order valence-corrected chi connectivity index (χ1v) is 4.01. The van der Waals surface area contributed by atoms with E-state index < -0.39 is 30.4 Å². The zero-order chi connectivity index (χ0) is 11.3. The fourth-order valence-corrected chi connectivity index (χ4v) is 0.890. The van der Waals surface area contributed by atoms with E-state index in [0.29, 0.717) is 0 Å². The predicted molar refractivity (Wildman–Crippen MR) is 45.6 cm³/mol. The van der Waals surface area contributed by atoms with Crippen molar-refractivity contribution < 1.29 is 30.3 Å². The van der Waals surface area contributed by atoms with E-state index in [1.165, 1.54) is 7.05 Å². The highest BCUT2D eigenvalue weighted by atomic mass is 16.4. The molecule has 0 spiro atoms. The van der Waals surface area contributed by atoms with Crippen LogP contribution in [-0.4, -0.2) is 69.5 Å². The average Bonchev–Trinajstić information content (AvgIpc) is 2.14. The highest BCUT2D eigenvalue weighted by Crippen LogP contribution is 2.04. The number of aliphatic hydroxyl groups excluding tert-OH is 4. The molecule has 0 amide bonds. The molecule has 0 aliphatic heterocycles. The van der Waals surface area contributed by atoms with E-state index in [1.54, 1.807) is 0 Å². The first-order chi connectivity index (χ1) is 6.41. The van der Waals surface area contributed by atoms with Crippen LogP contribution in [0.1, 0.15) is 0 Å². The molecule has 0 aliphatic rings. The molecular formula is C7H15NO6. The van der Waals surface area contributed by atoms with Crippen LogP contribution in [0.25, 0.3) is 0 Å². The molecule has 6 N–H and O–H groups in total. The Kier molecular flexibility index (Phi) is 5.58.